The molecule has 3 aromatic heterocycles. The summed E-state index contributed by atoms with van der Waals surface area (Å²) < 4.78 is 3.46. The van der Waals surface area contributed by atoms with Gasteiger partial charge in [-0.15, -0.1) is 10.2 Å². The van der Waals surface area contributed by atoms with Crippen molar-refractivity contribution in [1.29, 1.82) is 0 Å². The van der Waals surface area contributed by atoms with E-state index in [1.54, 1.807) is 18.5 Å². The van der Waals surface area contributed by atoms with E-state index in [2.05, 4.69) is 37.8 Å². The molecule has 3 heterocycles. The summed E-state index contributed by atoms with van der Waals surface area (Å²) in [5, 5.41) is 32.9. The molecule has 0 bridgehead atoms. The van der Waals surface area contributed by atoms with Crippen LogP contribution in [0, 0.1) is 24.0 Å². The average Bonchev–Trinajstić information content (AvgIpc) is 3.42. The summed E-state index contributed by atoms with van der Waals surface area (Å²) in [6, 6.07) is 11.7. The van der Waals surface area contributed by atoms with Gasteiger partial charge in [-0.05, 0) is 26.3 Å². The summed E-state index contributed by atoms with van der Waals surface area (Å²) in [5.41, 5.74) is 2.08. The molecule has 10 nitrogen and oxygen atoms in total. The molecule has 0 radical (unpaired) electrons. The van der Waals surface area contributed by atoms with Gasteiger partial charge < -0.3 is 5.32 Å². The molecule has 0 spiro atoms. The van der Waals surface area contributed by atoms with Gasteiger partial charge in [-0.3, -0.25) is 19.5 Å². The van der Waals surface area contributed by atoms with Crippen molar-refractivity contribution >= 4 is 28.0 Å². The Morgan fingerprint density at radius 3 is 2.63 bits per heavy atom. The Hall–Kier alpha value is -3.60. The SMILES string of the molecule is Cc1nn([C@@H](C)c2nnc(Nc3ccn(Cc4ccccc4)n3)s2)c(C)c1[N+](=O)[O-]. The highest BCUT2D eigenvalue weighted by molar-refractivity contribution is 7.15. The van der Waals surface area contributed by atoms with Crippen molar-refractivity contribution in [1.82, 2.24) is 29.8 Å². The lowest BCUT2D eigenvalue weighted by atomic mass is 10.2. The number of nitrogens with one attached hydrogen (secondary N) is 1. The van der Waals surface area contributed by atoms with Crippen LogP contribution in [0.25, 0.3) is 0 Å². The normalized spacial score (nSPS) is 12.1. The first-order valence-corrected chi connectivity index (χ1v) is 10.1. The van der Waals surface area contributed by atoms with E-state index in [9.17, 15) is 10.1 Å². The Morgan fingerprint density at radius 2 is 1.93 bits per heavy atom. The maximum atomic E-state index is 11.2. The zero-order valence-corrected chi connectivity index (χ0v) is 17.5. The number of nitrogens with zero attached hydrogens (tertiary/aromatic N) is 7. The number of aryl methyl sites for hydroxylation is 1. The fourth-order valence-electron chi connectivity index (χ4n) is 3.25. The number of hydrogen-bond donors (Lipinski definition) is 1. The fraction of sp³-hybridized carbons (Fsp3) is 0.263. The first-order chi connectivity index (χ1) is 14.4. The van der Waals surface area contributed by atoms with E-state index in [0.717, 1.165) is 5.56 Å². The van der Waals surface area contributed by atoms with E-state index in [0.29, 0.717) is 33.9 Å². The molecule has 0 saturated heterocycles. The van der Waals surface area contributed by atoms with Gasteiger partial charge >= 0.3 is 5.69 Å². The average molecular weight is 424 g/mol. The Morgan fingerprint density at radius 1 is 1.17 bits per heavy atom. The molecule has 0 amide bonds. The van der Waals surface area contributed by atoms with Crippen molar-refractivity contribution in [3.05, 3.63) is 74.7 Å². The molecule has 0 aliphatic carbocycles. The highest BCUT2D eigenvalue weighted by Crippen LogP contribution is 2.30. The van der Waals surface area contributed by atoms with E-state index >= 15 is 0 Å². The third-order valence-corrected chi connectivity index (χ3v) is 5.71. The Bertz CT molecular complexity index is 1180. The summed E-state index contributed by atoms with van der Waals surface area (Å²) in [5.74, 6) is 0.669. The second-order valence-corrected chi connectivity index (χ2v) is 7.86. The highest BCUT2D eigenvalue weighted by atomic mass is 32.1. The maximum absolute atomic E-state index is 11.2. The van der Waals surface area contributed by atoms with Gasteiger partial charge in [-0.1, -0.05) is 41.7 Å². The third-order valence-electron chi connectivity index (χ3n) is 4.70. The quantitative estimate of drug-likeness (QED) is 0.354. The Kier molecular flexibility index (Phi) is 5.27. The van der Waals surface area contributed by atoms with Gasteiger partial charge in [0, 0.05) is 12.3 Å². The minimum atomic E-state index is -0.403. The lowest BCUT2D eigenvalue weighted by Crippen LogP contribution is -2.10. The largest absolute Gasteiger partial charge is 0.313 e. The molecular formula is C19H20N8O2S. The van der Waals surface area contributed by atoms with Crippen LogP contribution in [0.2, 0.25) is 0 Å². The molecule has 0 unspecified atom stereocenters. The molecular weight excluding hydrogens is 404 g/mol. The Balaban J connectivity index is 1.47. The van der Waals surface area contributed by atoms with Gasteiger partial charge in [-0.25, -0.2) is 0 Å². The number of rotatable bonds is 7. The van der Waals surface area contributed by atoms with Gasteiger partial charge in [0.25, 0.3) is 0 Å². The molecule has 1 aromatic carbocycles. The van der Waals surface area contributed by atoms with Crippen LogP contribution >= 0.6 is 11.3 Å². The van der Waals surface area contributed by atoms with Gasteiger partial charge in [0.15, 0.2) is 5.82 Å². The van der Waals surface area contributed by atoms with Crippen LogP contribution in [-0.4, -0.2) is 34.7 Å². The summed E-state index contributed by atoms with van der Waals surface area (Å²) in [6.07, 6.45) is 1.90. The lowest BCUT2D eigenvalue weighted by molar-refractivity contribution is -0.386. The molecule has 154 valence electrons. The van der Waals surface area contributed by atoms with Crippen LogP contribution in [0.5, 0.6) is 0 Å². The van der Waals surface area contributed by atoms with Crippen LogP contribution < -0.4 is 5.32 Å². The lowest BCUT2D eigenvalue weighted by Gasteiger charge is -2.09. The molecule has 1 atom stereocenters. The first-order valence-electron chi connectivity index (χ1n) is 9.30. The fourth-order valence-corrected chi connectivity index (χ4v) is 4.04. The van der Waals surface area contributed by atoms with Crippen LogP contribution in [0.3, 0.4) is 0 Å². The van der Waals surface area contributed by atoms with Gasteiger partial charge in [0.2, 0.25) is 5.13 Å². The molecule has 0 aliphatic rings. The number of benzene rings is 1. The number of hydrogen-bond acceptors (Lipinski definition) is 8. The molecule has 11 heteroatoms. The Labute approximate surface area is 176 Å². The minimum Gasteiger partial charge on any atom is -0.313 e. The van der Waals surface area contributed by atoms with E-state index < -0.39 is 4.92 Å². The summed E-state index contributed by atoms with van der Waals surface area (Å²) in [7, 11) is 0. The van der Waals surface area contributed by atoms with Crippen molar-refractivity contribution in [3.63, 3.8) is 0 Å². The predicted octanol–water partition coefficient (Wildman–Crippen LogP) is 3.86. The van der Waals surface area contributed by atoms with Crippen LogP contribution in [0.15, 0.2) is 42.6 Å². The zero-order chi connectivity index (χ0) is 21.3. The molecule has 0 aliphatic heterocycles. The molecule has 1 N–H and O–H groups in total. The second kappa shape index (κ2) is 8.03. The molecule has 0 fully saturated rings. The van der Waals surface area contributed by atoms with Crippen LogP contribution in [0.4, 0.5) is 16.6 Å². The topological polar surface area (TPSA) is 117 Å². The summed E-state index contributed by atoms with van der Waals surface area (Å²) >= 11 is 1.36. The van der Waals surface area contributed by atoms with Crippen molar-refractivity contribution in [3.8, 4) is 0 Å². The zero-order valence-electron chi connectivity index (χ0n) is 16.7. The van der Waals surface area contributed by atoms with E-state index in [1.165, 1.54) is 11.3 Å². The van der Waals surface area contributed by atoms with E-state index in [4.69, 9.17) is 0 Å². The third kappa shape index (κ3) is 3.92. The van der Waals surface area contributed by atoms with Crippen LogP contribution in [0.1, 0.15) is 34.9 Å². The second-order valence-electron chi connectivity index (χ2n) is 6.85. The smallest absolute Gasteiger partial charge is 0.312 e. The summed E-state index contributed by atoms with van der Waals surface area (Å²) in [4.78, 5) is 10.8. The standard InChI is InChI=1S/C19H20N8O2S/c1-12-17(27(28)29)13(2)26(23-12)14(3)18-21-22-19(30-18)20-16-9-10-25(24-16)11-15-7-5-4-6-8-15/h4-10,14H,11H2,1-3H3,(H,20,22,24)/t14-/m0/s1. The number of aromatic nitrogens is 6. The van der Waals surface area contributed by atoms with Crippen molar-refractivity contribution < 1.29 is 4.92 Å². The number of anilines is 2. The van der Waals surface area contributed by atoms with Gasteiger partial charge in [0.1, 0.15) is 22.4 Å². The van der Waals surface area contributed by atoms with Gasteiger partial charge in [0.05, 0.1) is 11.5 Å². The van der Waals surface area contributed by atoms with E-state index in [1.807, 2.05) is 42.1 Å². The highest BCUT2D eigenvalue weighted by Gasteiger charge is 2.26. The molecule has 30 heavy (non-hydrogen) atoms. The first kappa shape index (κ1) is 19.7. The van der Waals surface area contributed by atoms with Crippen molar-refractivity contribution in [2.45, 2.75) is 33.4 Å². The van der Waals surface area contributed by atoms with Crippen LogP contribution in [-0.2, 0) is 6.54 Å². The van der Waals surface area contributed by atoms with Crippen molar-refractivity contribution in [2.75, 3.05) is 5.32 Å². The van der Waals surface area contributed by atoms with Crippen molar-refractivity contribution in [2.24, 2.45) is 0 Å². The number of nitro groups is 1. The van der Waals surface area contributed by atoms with Gasteiger partial charge in [-0.2, -0.15) is 10.2 Å². The summed E-state index contributed by atoms with van der Waals surface area (Å²) in [6.45, 7) is 5.89. The predicted molar refractivity (Wildman–Crippen MR) is 113 cm³/mol. The molecule has 4 aromatic rings. The minimum absolute atomic E-state index is 0.0358. The molecule has 4 rings (SSSR count). The van der Waals surface area contributed by atoms with E-state index in [-0.39, 0.29) is 11.7 Å². The monoisotopic (exact) mass is 424 g/mol. The maximum Gasteiger partial charge on any atom is 0.312 e. The molecule has 0 saturated carbocycles.